The summed E-state index contributed by atoms with van der Waals surface area (Å²) in [5.41, 5.74) is 7.80. The highest BCUT2D eigenvalue weighted by atomic mass is 32.2. The molecule has 1 aromatic heterocycles. The zero-order valence-electron chi connectivity index (χ0n) is 7.29. The summed E-state index contributed by atoms with van der Waals surface area (Å²) in [5, 5.41) is 0. The lowest BCUT2D eigenvalue weighted by atomic mass is 10.1. The van der Waals surface area contributed by atoms with E-state index in [2.05, 4.69) is 11.2 Å². The van der Waals surface area contributed by atoms with E-state index in [4.69, 9.17) is 5.73 Å². The third-order valence-corrected chi connectivity index (χ3v) is 2.43. The van der Waals surface area contributed by atoms with Crippen LogP contribution in [0.1, 0.15) is 12.0 Å². The fourth-order valence-corrected chi connectivity index (χ4v) is 1.49. The highest BCUT2D eigenvalue weighted by Crippen LogP contribution is 2.11. The number of rotatable bonds is 4. The Balaban J connectivity index is 2.46. The molecule has 0 aliphatic rings. The van der Waals surface area contributed by atoms with Crippen LogP contribution in [-0.2, 0) is 6.42 Å². The van der Waals surface area contributed by atoms with Crippen molar-refractivity contribution in [3.63, 3.8) is 0 Å². The largest absolute Gasteiger partial charge is 0.398 e. The van der Waals surface area contributed by atoms with Gasteiger partial charge in [-0.05, 0) is 36.5 Å². The number of aromatic nitrogens is 1. The monoisotopic (exact) mass is 182 g/mol. The maximum absolute atomic E-state index is 5.76. The van der Waals surface area contributed by atoms with E-state index >= 15 is 0 Å². The zero-order valence-corrected chi connectivity index (χ0v) is 8.10. The summed E-state index contributed by atoms with van der Waals surface area (Å²) in [6, 6.07) is 1.86. The van der Waals surface area contributed by atoms with Gasteiger partial charge in [-0.1, -0.05) is 0 Å². The van der Waals surface area contributed by atoms with Crippen molar-refractivity contribution < 1.29 is 0 Å². The maximum Gasteiger partial charge on any atom is 0.0377 e. The molecule has 1 aromatic rings. The Morgan fingerprint density at radius 2 is 2.42 bits per heavy atom. The number of aryl methyl sites for hydroxylation is 1. The van der Waals surface area contributed by atoms with E-state index in [1.54, 1.807) is 6.20 Å². The molecule has 0 aliphatic carbocycles. The van der Waals surface area contributed by atoms with Crippen LogP contribution < -0.4 is 5.73 Å². The lowest BCUT2D eigenvalue weighted by Gasteiger charge is -2.02. The first-order valence-electron chi connectivity index (χ1n) is 4.02. The molecule has 1 rings (SSSR count). The SMILES string of the molecule is CSCCCc1cnccc1N. The molecule has 66 valence electrons. The molecule has 0 fully saturated rings. The molecule has 0 aliphatic heterocycles. The Hall–Kier alpha value is -0.700. The van der Waals surface area contributed by atoms with E-state index < -0.39 is 0 Å². The Morgan fingerprint density at radius 3 is 3.08 bits per heavy atom. The normalized spacial score (nSPS) is 10.1. The average Bonchev–Trinajstić information content (AvgIpc) is 2.09. The van der Waals surface area contributed by atoms with Crippen molar-refractivity contribution in [2.24, 2.45) is 0 Å². The lowest BCUT2D eigenvalue weighted by Crippen LogP contribution is -1.95. The summed E-state index contributed by atoms with van der Waals surface area (Å²) in [5.74, 6) is 1.19. The van der Waals surface area contributed by atoms with Crippen LogP contribution in [0.5, 0.6) is 0 Å². The Labute approximate surface area is 77.6 Å². The first-order chi connectivity index (χ1) is 5.84. The van der Waals surface area contributed by atoms with Gasteiger partial charge in [-0.25, -0.2) is 0 Å². The molecule has 0 saturated carbocycles. The van der Waals surface area contributed by atoms with Crippen molar-refractivity contribution in [1.29, 1.82) is 0 Å². The van der Waals surface area contributed by atoms with Crippen molar-refractivity contribution in [3.05, 3.63) is 24.0 Å². The van der Waals surface area contributed by atoms with Crippen LogP contribution >= 0.6 is 11.8 Å². The molecule has 3 heteroatoms. The van der Waals surface area contributed by atoms with E-state index in [1.165, 1.54) is 17.7 Å². The number of hydrogen-bond acceptors (Lipinski definition) is 3. The molecule has 2 N–H and O–H groups in total. The number of hydrogen-bond donors (Lipinski definition) is 1. The molecule has 0 unspecified atom stereocenters. The highest BCUT2D eigenvalue weighted by molar-refractivity contribution is 7.98. The summed E-state index contributed by atoms with van der Waals surface area (Å²) in [6.45, 7) is 0. The van der Waals surface area contributed by atoms with Crippen molar-refractivity contribution in [3.8, 4) is 0 Å². The molecule has 0 atom stereocenters. The van der Waals surface area contributed by atoms with Gasteiger partial charge >= 0.3 is 0 Å². The maximum atomic E-state index is 5.76. The minimum atomic E-state index is 0.867. The topological polar surface area (TPSA) is 38.9 Å². The number of pyridine rings is 1. The molecule has 2 nitrogen and oxygen atoms in total. The van der Waals surface area contributed by atoms with Gasteiger partial charge in [0.2, 0.25) is 0 Å². The first kappa shape index (κ1) is 9.39. The molecule has 0 bridgehead atoms. The molecule has 0 radical (unpaired) electrons. The molecule has 12 heavy (non-hydrogen) atoms. The van der Waals surface area contributed by atoms with E-state index in [0.717, 1.165) is 12.1 Å². The smallest absolute Gasteiger partial charge is 0.0377 e. The van der Waals surface area contributed by atoms with Crippen LogP contribution in [0.3, 0.4) is 0 Å². The van der Waals surface area contributed by atoms with Crippen LogP contribution in [0.4, 0.5) is 5.69 Å². The standard InChI is InChI=1S/C9H14N2S/c1-12-6-2-3-8-7-11-5-4-9(8)10/h4-5,7H,2-3,6H2,1H3,(H2,10,11). The predicted molar refractivity (Wildman–Crippen MR) is 55.4 cm³/mol. The molecular formula is C9H14N2S. The summed E-state index contributed by atoms with van der Waals surface area (Å²) >= 11 is 1.87. The summed E-state index contributed by atoms with van der Waals surface area (Å²) < 4.78 is 0. The van der Waals surface area contributed by atoms with Crippen molar-refractivity contribution in [2.75, 3.05) is 17.7 Å². The molecule has 0 amide bonds. The average molecular weight is 182 g/mol. The van der Waals surface area contributed by atoms with Gasteiger partial charge in [-0.3, -0.25) is 4.98 Å². The van der Waals surface area contributed by atoms with Crippen molar-refractivity contribution >= 4 is 17.4 Å². The van der Waals surface area contributed by atoms with Gasteiger partial charge in [-0.2, -0.15) is 11.8 Å². The lowest BCUT2D eigenvalue weighted by molar-refractivity contribution is 0.928. The minimum Gasteiger partial charge on any atom is -0.398 e. The third kappa shape index (κ3) is 2.74. The van der Waals surface area contributed by atoms with Crippen molar-refractivity contribution in [2.45, 2.75) is 12.8 Å². The Bertz CT molecular complexity index is 238. The number of anilines is 1. The van der Waals surface area contributed by atoms with Gasteiger partial charge in [0.05, 0.1) is 0 Å². The fraction of sp³-hybridized carbons (Fsp3) is 0.444. The number of nitrogens with zero attached hydrogens (tertiary/aromatic N) is 1. The summed E-state index contributed by atoms with van der Waals surface area (Å²) in [4.78, 5) is 4.04. The number of nitrogens with two attached hydrogens (primary N) is 1. The highest BCUT2D eigenvalue weighted by Gasteiger charge is 1.96. The van der Waals surface area contributed by atoms with E-state index in [9.17, 15) is 0 Å². The van der Waals surface area contributed by atoms with E-state index in [-0.39, 0.29) is 0 Å². The molecule has 0 saturated heterocycles. The van der Waals surface area contributed by atoms with Crippen molar-refractivity contribution in [1.82, 2.24) is 4.98 Å². The molecule has 0 aromatic carbocycles. The van der Waals surface area contributed by atoms with Gasteiger partial charge in [0.15, 0.2) is 0 Å². The predicted octanol–water partition coefficient (Wildman–Crippen LogP) is 1.96. The first-order valence-corrected chi connectivity index (χ1v) is 5.41. The van der Waals surface area contributed by atoms with Gasteiger partial charge in [0, 0.05) is 18.1 Å². The van der Waals surface area contributed by atoms with Crippen LogP contribution in [0, 0.1) is 0 Å². The van der Waals surface area contributed by atoms with E-state index in [1.807, 2.05) is 24.0 Å². The second-order valence-corrected chi connectivity index (χ2v) is 3.66. The van der Waals surface area contributed by atoms with Gasteiger partial charge in [0.1, 0.15) is 0 Å². The van der Waals surface area contributed by atoms with Crippen LogP contribution in [0.25, 0.3) is 0 Å². The molecule has 0 spiro atoms. The van der Waals surface area contributed by atoms with Crippen LogP contribution in [-0.4, -0.2) is 17.0 Å². The fourth-order valence-electron chi connectivity index (χ4n) is 1.05. The minimum absolute atomic E-state index is 0.867. The second-order valence-electron chi connectivity index (χ2n) is 2.67. The van der Waals surface area contributed by atoms with Gasteiger partial charge < -0.3 is 5.73 Å². The number of thioether (sulfide) groups is 1. The Kier molecular flexibility index (Phi) is 3.94. The van der Waals surface area contributed by atoms with Gasteiger partial charge in [-0.15, -0.1) is 0 Å². The molecular weight excluding hydrogens is 168 g/mol. The van der Waals surface area contributed by atoms with Gasteiger partial charge in [0.25, 0.3) is 0 Å². The third-order valence-electron chi connectivity index (χ3n) is 1.74. The zero-order chi connectivity index (χ0) is 8.81. The van der Waals surface area contributed by atoms with E-state index in [0.29, 0.717) is 0 Å². The van der Waals surface area contributed by atoms with Crippen LogP contribution in [0.15, 0.2) is 18.5 Å². The second kappa shape index (κ2) is 5.04. The Morgan fingerprint density at radius 1 is 1.58 bits per heavy atom. The number of nitrogen functional groups attached to an aromatic ring is 1. The summed E-state index contributed by atoms with van der Waals surface area (Å²) in [7, 11) is 0. The van der Waals surface area contributed by atoms with Crippen LogP contribution in [0.2, 0.25) is 0 Å². The molecule has 1 heterocycles. The quantitative estimate of drug-likeness (QED) is 0.723. The summed E-state index contributed by atoms with van der Waals surface area (Å²) in [6.07, 6.45) is 7.92.